The van der Waals surface area contributed by atoms with Crippen LogP contribution in [-0.2, 0) is 17.8 Å². The molecule has 1 atom stereocenters. The fourth-order valence-corrected chi connectivity index (χ4v) is 3.74. The van der Waals surface area contributed by atoms with Gasteiger partial charge < -0.3 is 10.1 Å². The summed E-state index contributed by atoms with van der Waals surface area (Å²) < 4.78 is 0. The van der Waals surface area contributed by atoms with Crippen molar-refractivity contribution in [2.24, 2.45) is 0 Å². The van der Waals surface area contributed by atoms with Crippen molar-refractivity contribution >= 4 is 28.5 Å². The average molecular weight is 341 g/mol. The zero-order valence-corrected chi connectivity index (χ0v) is 13.8. The largest absolute Gasteiger partial charge is 0.480 e. The minimum Gasteiger partial charge on any atom is -0.480 e. The molecule has 1 unspecified atom stereocenters. The van der Waals surface area contributed by atoms with Crippen LogP contribution in [0.1, 0.15) is 22.7 Å². The van der Waals surface area contributed by atoms with E-state index in [1.54, 1.807) is 12.3 Å². The standard InChI is InChI=1S/C19H17ClN2O2/c20-14-5-6-15-16(10-21-17(15)9-14)18(19(23)24)22-8-7-12-3-1-2-4-13(12)11-22/h1-6,9-10,18,21H,7-8,11H2,(H,23,24). The molecule has 1 aliphatic heterocycles. The number of rotatable bonds is 3. The number of H-pyrrole nitrogens is 1. The number of hydrogen-bond acceptors (Lipinski definition) is 2. The highest BCUT2D eigenvalue weighted by atomic mass is 35.5. The molecule has 0 radical (unpaired) electrons. The fraction of sp³-hybridized carbons (Fsp3) is 0.211. The number of benzene rings is 2. The van der Waals surface area contributed by atoms with Crippen LogP contribution in [0.25, 0.3) is 10.9 Å². The lowest BCUT2D eigenvalue weighted by Crippen LogP contribution is -2.38. The summed E-state index contributed by atoms with van der Waals surface area (Å²) in [4.78, 5) is 17.2. The third-order valence-corrected chi connectivity index (χ3v) is 4.96. The van der Waals surface area contributed by atoms with E-state index >= 15 is 0 Å². The zero-order valence-electron chi connectivity index (χ0n) is 13.0. The molecule has 3 aromatic rings. The first-order chi connectivity index (χ1) is 11.6. The number of fused-ring (bicyclic) bond motifs is 2. The fourth-order valence-electron chi connectivity index (χ4n) is 3.57. The van der Waals surface area contributed by atoms with Crippen molar-refractivity contribution in [1.82, 2.24) is 9.88 Å². The second kappa shape index (κ2) is 5.96. The van der Waals surface area contributed by atoms with Gasteiger partial charge in [0.25, 0.3) is 0 Å². The maximum absolute atomic E-state index is 12.0. The summed E-state index contributed by atoms with van der Waals surface area (Å²) in [5, 5.41) is 11.4. The van der Waals surface area contributed by atoms with Gasteiger partial charge in [0.1, 0.15) is 6.04 Å². The van der Waals surface area contributed by atoms with Gasteiger partial charge in [-0.15, -0.1) is 0 Å². The number of carboxylic acids is 1. The first-order valence-electron chi connectivity index (χ1n) is 7.93. The predicted molar refractivity (Wildman–Crippen MR) is 94.2 cm³/mol. The second-order valence-corrected chi connectivity index (χ2v) is 6.60. The maximum atomic E-state index is 12.0. The Hall–Kier alpha value is -2.30. The molecule has 4 nitrogen and oxygen atoms in total. The van der Waals surface area contributed by atoms with Gasteiger partial charge in [-0.1, -0.05) is 41.9 Å². The van der Waals surface area contributed by atoms with Gasteiger partial charge in [-0.25, -0.2) is 0 Å². The van der Waals surface area contributed by atoms with Gasteiger partial charge in [0.2, 0.25) is 0 Å². The van der Waals surface area contributed by atoms with Gasteiger partial charge in [-0.3, -0.25) is 9.69 Å². The highest BCUT2D eigenvalue weighted by Crippen LogP contribution is 2.33. The molecule has 2 heterocycles. The van der Waals surface area contributed by atoms with E-state index in [-0.39, 0.29) is 0 Å². The molecular formula is C19H17ClN2O2. The first-order valence-corrected chi connectivity index (χ1v) is 8.31. The number of carboxylic acid groups (broad SMARTS) is 1. The number of nitrogens with zero attached hydrogens (tertiary/aromatic N) is 1. The zero-order chi connectivity index (χ0) is 16.7. The molecule has 1 aromatic heterocycles. The smallest absolute Gasteiger partial charge is 0.325 e. The van der Waals surface area contributed by atoms with Crippen LogP contribution < -0.4 is 0 Å². The summed E-state index contributed by atoms with van der Waals surface area (Å²) in [6.07, 6.45) is 2.66. The van der Waals surface area contributed by atoms with Crippen molar-refractivity contribution in [3.05, 3.63) is 70.4 Å². The summed E-state index contributed by atoms with van der Waals surface area (Å²) in [6, 6.07) is 13.1. The monoisotopic (exact) mass is 340 g/mol. The number of hydrogen-bond donors (Lipinski definition) is 2. The van der Waals surface area contributed by atoms with Gasteiger partial charge in [-0.2, -0.15) is 0 Å². The topological polar surface area (TPSA) is 56.3 Å². The third kappa shape index (κ3) is 2.58. The lowest BCUT2D eigenvalue weighted by atomic mass is 9.96. The Morgan fingerprint density at radius 3 is 2.79 bits per heavy atom. The Balaban J connectivity index is 1.74. The second-order valence-electron chi connectivity index (χ2n) is 6.16. The minimum atomic E-state index is -0.828. The number of aliphatic carboxylic acids is 1. The number of aromatic nitrogens is 1. The molecule has 0 saturated heterocycles. The van der Waals surface area contributed by atoms with Crippen LogP contribution in [0.3, 0.4) is 0 Å². The lowest BCUT2D eigenvalue weighted by molar-refractivity contribution is -0.144. The quantitative estimate of drug-likeness (QED) is 0.757. The molecule has 1 aliphatic rings. The van der Waals surface area contributed by atoms with Crippen molar-refractivity contribution in [3.63, 3.8) is 0 Å². The SMILES string of the molecule is O=C(O)C(c1c[nH]c2cc(Cl)ccc12)N1CCc2ccccc2C1. The van der Waals surface area contributed by atoms with Crippen molar-refractivity contribution in [2.45, 2.75) is 19.0 Å². The normalized spacial score (nSPS) is 16.0. The van der Waals surface area contributed by atoms with E-state index in [2.05, 4.69) is 17.1 Å². The molecule has 24 heavy (non-hydrogen) atoms. The molecule has 0 fully saturated rings. The first kappa shape index (κ1) is 15.2. The van der Waals surface area contributed by atoms with Crippen molar-refractivity contribution < 1.29 is 9.90 Å². The van der Waals surface area contributed by atoms with Crippen LogP contribution in [-0.4, -0.2) is 27.5 Å². The van der Waals surface area contributed by atoms with Crippen LogP contribution in [0.4, 0.5) is 0 Å². The third-order valence-electron chi connectivity index (χ3n) is 4.73. The Morgan fingerprint density at radius 1 is 1.21 bits per heavy atom. The Morgan fingerprint density at radius 2 is 2.00 bits per heavy atom. The van der Waals surface area contributed by atoms with Crippen molar-refractivity contribution in [3.8, 4) is 0 Å². The molecule has 0 amide bonds. The number of carbonyl (C=O) groups is 1. The molecule has 0 aliphatic carbocycles. The average Bonchev–Trinajstić information content (AvgIpc) is 2.97. The molecule has 2 N–H and O–H groups in total. The summed E-state index contributed by atoms with van der Waals surface area (Å²) in [5.74, 6) is -0.828. The van der Waals surface area contributed by atoms with Crippen LogP contribution in [0.2, 0.25) is 5.02 Å². The summed E-state index contributed by atoms with van der Waals surface area (Å²) >= 11 is 6.03. The summed E-state index contributed by atoms with van der Waals surface area (Å²) in [6.45, 7) is 1.38. The highest BCUT2D eigenvalue weighted by molar-refractivity contribution is 6.31. The lowest BCUT2D eigenvalue weighted by Gasteiger charge is -2.33. The summed E-state index contributed by atoms with van der Waals surface area (Å²) in [5.41, 5.74) is 4.16. The van der Waals surface area contributed by atoms with Crippen LogP contribution >= 0.6 is 11.6 Å². The minimum absolute atomic E-state index is 0.634. The van der Waals surface area contributed by atoms with E-state index in [1.165, 1.54) is 11.1 Å². The number of halogens is 1. The van der Waals surface area contributed by atoms with Gasteiger partial charge in [0.05, 0.1) is 0 Å². The van der Waals surface area contributed by atoms with E-state index in [1.807, 2.05) is 29.2 Å². The molecular weight excluding hydrogens is 324 g/mol. The van der Waals surface area contributed by atoms with Gasteiger partial charge in [0, 0.05) is 40.8 Å². The predicted octanol–water partition coefficient (Wildman–Crippen LogP) is 4.01. The number of aromatic amines is 1. The van der Waals surface area contributed by atoms with Crippen LogP contribution in [0.15, 0.2) is 48.7 Å². The molecule has 4 rings (SSSR count). The molecule has 0 saturated carbocycles. The van der Waals surface area contributed by atoms with E-state index in [0.29, 0.717) is 11.6 Å². The Kier molecular flexibility index (Phi) is 3.79. The number of nitrogens with one attached hydrogen (secondary N) is 1. The van der Waals surface area contributed by atoms with Gasteiger partial charge in [-0.05, 0) is 29.7 Å². The van der Waals surface area contributed by atoms with Gasteiger partial charge in [0.15, 0.2) is 0 Å². The van der Waals surface area contributed by atoms with Crippen molar-refractivity contribution in [1.29, 1.82) is 0 Å². The maximum Gasteiger partial charge on any atom is 0.325 e. The summed E-state index contributed by atoms with van der Waals surface area (Å²) in [7, 11) is 0. The van der Waals surface area contributed by atoms with E-state index < -0.39 is 12.0 Å². The van der Waals surface area contributed by atoms with Gasteiger partial charge >= 0.3 is 5.97 Å². The van der Waals surface area contributed by atoms with E-state index in [9.17, 15) is 9.90 Å². The van der Waals surface area contributed by atoms with E-state index in [0.717, 1.165) is 29.4 Å². The molecule has 0 spiro atoms. The molecule has 122 valence electrons. The molecule has 0 bridgehead atoms. The molecule has 2 aromatic carbocycles. The van der Waals surface area contributed by atoms with Crippen molar-refractivity contribution in [2.75, 3.05) is 6.54 Å². The Labute approximate surface area is 144 Å². The van der Waals surface area contributed by atoms with Crippen LogP contribution in [0, 0.1) is 0 Å². The highest BCUT2D eigenvalue weighted by Gasteiger charge is 2.31. The molecule has 5 heteroatoms. The van der Waals surface area contributed by atoms with Crippen LogP contribution in [0.5, 0.6) is 0 Å². The Bertz CT molecular complexity index is 919. The van der Waals surface area contributed by atoms with E-state index in [4.69, 9.17) is 11.6 Å².